The van der Waals surface area contributed by atoms with Gasteiger partial charge in [0.2, 0.25) is 0 Å². The summed E-state index contributed by atoms with van der Waals surface area (Å²) in [6.45, 7) is 1.78. The first-order valence-electron chi connectivity index (χ1n) is 8.43. The molecule has 3 heterocycles. The summed E-state index contributed by atoms with van der Waals surface area (Å²) in [5.41, 5.74) is 3.40. The number of ether oxygens (including phenoxy) is 1. The fourth-order valence-electron chi connectivity index (χ4n) is 3.61. The van der Waals surface area contributed by atoms with E-state index >= 15 is 0 Å². The highest BCUT2D eigenvalue weighted by Gasteiger charge is 2.27. The number of hydrogen-bond acceptors (Lipinski definition) is 4. The first-order chi connectivity index (χ1) is 11.7. The molecule has 2 aromatic heterocycles. The van der Waals surface area contributed by atoms with E-state index in [2.05, 4.69) is 10.00 Å². The van der Waals surface area contributed by atoms with E-state index < -0.39 is 0 Å². The van der Waals surface area contributed by atoms with Gasteiger partial charge < -0.3 is 10.1 Å². The quantitative estimate of drug-likeness (QED) is 0.898. The Hall–Kier alpha value is -1.37. The van der Waals surface area contributed by atoms with Crippen LogP contribution in [-0.2, 0) is 24.3 Å². The van der Waals surface area contributed by atoms with Crippen LogP contribution < -0.4 is 5.32 Å². The Bertz CT molecular complexity index is 749. The third-order valence-electron chi connectivity index (χ3n) is 4.82. The molecule has 0 aromatic carbocycles. The van der Waals surface area contributed by atoms with Gasteiger partial charge in [-0.05, 0) is 25.0 Å². The molecule has 2 aromatic rings. The van der Waals surface area contributed by atoms with Crippen molar-refractivity contribution >= 4 is 28.8 Å². The fraction of sp³-hybridized carbons (Fsp3) is 0.529. The van der Waals surface area contributed by atoms with Crippen molar-refractivity contribution in [1.82, 2.24) is 15.1 Å². The summed E-state index contributed by atoms with van der Waals surface area (Å²) in [7, 11) is 0. The lowest BCUT2D eigenvalue weighted by Gasteiger charge is -2.18. The Morgan fingerprint density at radius 3 is 3.00 bits per heavy atom. The highest BCUT2D eigenvalue weighted by Crippen LogP contribution is 2.33. The third kappa shape index (κ3) is 3.10. The number of hydrogen-bond donors (Lipinski definition) is 1. The van der Waals surface area contributed by atoms with Crippen LogP contribution in [0.5, 0.6) is 0 Å². The zero-order valence-electron chi connectivity index (χ0n) is 13.4. The molecule has 0 radical (unpaired) electrons. The minimum absolute atomic E-state index is 0.104. The Morgan fingerprint density at radius 2 is 2.25 bits per heavy atom. The lowest BCUT2D eigenvalue weighted by Crippen LogP contribution is -2.23. The first-order valence-corrected chi connectivity index (χ1v) is 9.62. The topological polar surface area (TPSA) is 56.2 Å². The van der Waals surface area contributed by atoms with Gasteiger partial charge in [-0.3, -0.25) is 9.48 Å². The SMILES string of the molecule is O=C(NCc1nn(C2CCCC2)c2c1COCC2)c1ccc(Cl)s1. The molecule has 1 amide bonds. The van der Waals surface area contributed by atoms with E-state index in [1.54, 1.807) is 12.1 Å². The number of nitrogens with zero attached hydrogens (tertiary/aromatic N) is 2. The van der Waals surface area contributed by atoms with Gasteiger partial charge in [0.25, 0.3) is 5.91 Å². The number of carbonyl (C=O) groups excluding carboxylic acids is 1. The zero-order valence-corrected chi connectivity index (χ0v) is 15.0. The predicted molar refractivity (Wildman–Crippen MR) is 93.6 cm³/mol. The van der Waals surface area contributed by atoms with Crippen LogP contribution in [0.2, 0.25) is 4.34 Å². The molecule has 4 rings (SSSR count). The minimum atomic E-state index is -0.104. The fourth-order valence-corrected chi connectivity index (χ4v) is 4.57. The molecule has 2 aliphatic rings. The van der Waals surface area contributed by atoms with Crippen molar-refractivity contribution < 1.29 is 9.53 Å². The number of rotatable bonds is 4. The molecule has 1 aliphatic heterocycles. The van der Waals surface area contributed by atoms with Crippen LogP contribution >= 0.6 is 22.9 Å². The van der Waals surface area contributed by atoms with Crippen molar-refractivity contribution in [3.8, 4) is 0 Å². The van der Waals surface area contributed by atoms with Crippen molar-refractivity contribution in [3.05, 3.63) is 38.3 Å². The molecule has 0 bridgehead atoms. The number of aromatic nitrogens is 2. The second-order valence-corrected chi connectivity index (χ2v) is 8.06. The van der Waals surface area contributed by atoms with Crippen molar-refractivity contribution in [1.29, 1.82) is 0 Å². The lowest BCUT2D eigenvalue weighted by molar-refractivity contribution is 0.0951. The molecule has 0 spiro atoms. The number of fused-ring (bicyclic) bond motifs is 1. The third-order valence-corrected chi connectivity index (χ3v) is 6.05. The Balaban J connectivity index is 1.53. The molecule has 1 fully saturated rings. The van der Waals surface area contributed by atoms with E-state index in [1.165, 1.54) is 42.7 Å². The molecule has 7 heteroatoms. The summed E-state index contributed by atoms with van der Waals surface area (Å²) >= 11 is 7.19. The summed E-state index contributed by atoms with van der Waals surface area (Å²) in [5.74, 6) is -0.104. The van der Waals surface area contributed by atoms with E-state index in [9.17, 15) is 4.79 Å². The van der Waals surface area contributed by atoms with Crippen LogP contribution in [0.25, 0.3) is 0 Å². The number of amides is 1. The smallest absolute Gasteiger partial charge is 0.261 e. The van der Waals surface area contributed by atoms with Crippen LogP contribution in [-0.4, -0.2) is 22.3 Å². The summed E-state index contributed by atoms with van der Waals surface area (Å²) < 4.78 is 8.46. The predicted octanol–water partition coefficient (Wildman–Crippen LogP) is 3.72. The second kappa shape index (κ2) is 6.86. The maximum absolute atomic E-state index is 12.2. The minimum Gasteiger partial charge on any atom is -0.376 e. The van der Waals surface area contributed by atoms with E-state index in [0.717, 1.165) is 24.3 Å². The number of halogens is 1. The van der Waals surface area contributed by atoms with E-state index in [1.807, 2.05) is 0 Å². The molecule has 0 saturated heterocycles. The van der Waals surface area contributed by atoms with Gasteiger partial charge in [0.1, 0.15) is 0 Å². The number of nitrogens with one attached hydrogen (secondary N) is 1. The van der Waals surface area contributed by atoms with Crippen molar-refractivity contribution in [2.24, 2.45) is 0 Å². The van der Waals surface area contributed by atoms with Crippen molar-refractivity contribution in [2.45, 2.75) is 51.3 Å². The molecule has 0 atom stereocenters. The lowest BCUT2D eigenvalue weighted by atomic mass is 10.1. The van der Waals surface area contributed by atoms with E-state index in [-0.39, 0.29) is 5.91 Å². The molecule has 1 saturated carbocycles. The van der Waals surface area contributed by atoms with Crippen LogP contribution in [0, 0.1) is 0 Å². The zero-order chi connectivity index (χ0) is 16.5. The van der Waals surface area contributed by atoms with Gasteiger partial charge in [0.05, 0.1) is 40.7 Å². The highest BCUT2D eigenvalue weighted by atomic mass is 35.5. The molecular formula is C17H20ClN3O2S. The van der Waals surface area contributed by atoms with Crippen molar-refractivity contribution in [3.63, 3.8) is 0 Å². The van der Waals surface area contributed by atoms with E-state index in [4.69, 9.17) is 21.4 Å². The van der Waals surface area contributed by atoms with Gasteiger partial charge in [0, 0.05) is 17.7 Å². The van der Waals surface area contributed by atoms with Crippen molar-refractivity contribution in [2.75, 3.05) is 6.61 Å². The molecule has 128 valence electrons. The molecular weight excluding hydrogens is 346 g/mol. The Kier molecular flexibility index (Phi) is 4.61. The normalized spacial score (nSPS) is 17.9. The number of carbonyl (C=O) groups is 1. The van der Waals surface area contributed by atoms with Crippen LogP contribution in [0.4, 0.5) is 0 Å². The summed E-state index contributed by atoms with van der Waals surface area (Å²) in [5, 5.41) is 7.81. The average Bonchev–Trinajstić information content (AvgIpc) is 3.32. The molecule has 24 heavy (non-hydrogen) atoms. The van der Waals surface area contributed by atoms with Gasteiger partial charge in [-0.25, -0.2) is 0 Å². The molecule has 0 unspecified atom stereocenters. The number of thiophene rings is 1. The molecule has 5 nitrogen and oxygen atoms in total. The highest BCUT2D eigenvalue weighted by molar-refractivity contribution is 7.17. The average molecular weight is 366 g/mol. The van der Waals surface area contributed by atoms with Gasteiger partial charge in [-0.2, -0.15) is 5.10 Å². The summed E-state index contributed by atoms with van der Waals surface area (Å²) in [4.78, 5) is 12.9. The maximum atomic E-state index is 12.2. The van der Waals surface area contributed by atoms with Crippen LogP contribution in [0.3, 0.4) is 0 Å². The van der Waals surface area contributed by atoms with Gasteiger partial charge >= 0.3 is 0 Å². The molecule has 1 aliphatic carbocycles. The monoisotopic (exact) mass is 365 g/mol. The van der Waals surface area contributed by atoms with Gasteiger partial charge in [-0.1, -0.05) is 24.4 Å². The van der Waals surface area contributed by atoms with Gasteiger partial charge in [-0.15, -0.1) is 11.3 Å². The first kappa shape index (κ1) is 16.1. The Morgan fingerprint density at radius 1 is 1.42 bits per heavy atom. The Labute approximate surface area is 150 Å². The van der Waals surface area contributed by atoms with E-state index in [0.29, 0.717) is 28.4 Å². The standard InChI is InChI=1S/C17H20ClN3O2S/c18-16-6-5-15(24-16)17(22)19-9-13-12-10-23-8-7-14(12)21(20-13)11-3-1-2-4-11/h5-6,11H,1-4,7-10H2,(H,19,22). The van der Waals surface area contributed by atoms with Crippen LogP contribution in [0.1, 0.15) is 58.3 Å². The second-order valence-electron chi connectivity index (χ2n) is 6.34. The summed E-state index contributed by atoms with van der Waals surface area (Å²) in [6.07, 6.45) is 5.87. The van der Waals surface area contributed by atoms with Gasteiger partial charge in [0.15, 0.2) is 0 Å². The maximum Gasteiger partial charge on any atom is 0.261 e. The van der Waals surface area contributed by atoms with Crippen LogP contribution in [0.15, 0.2) is 12.1 Å². The summed E-state index contributed by atoms with van der Waals surface area (Å²) in [6, 6.07) is 4.00. The largest absolute Gasteiger partial charge is 0.376 e. The molecule has 1 N–H and O–H groups in total.